The number of anilines is 1. The number of fused-ring (bicyclic) bond motifs is 1. The van der Waals surface area contributed by atoms with Gasteiger partial charge in [0.05, 0.1) is 10.7 Å². The van der Waals surface area contributed by atoms with Crippen molar-refractivity contribution in [3.63, 3.8) is 0 Å². The molecule has 1 amide bonds. The average Bonchev–Trinajstić information content (AvgIpc) is 2.22. The molecule has 0 fully saturated rings. The van der Waals surface area contributed by atoms with Gasteiger partial charge in [0.2, 0.25) is 0 Å². The maximum atomic E-state index is 10.8. The van der Waals surface area contributed by atoms with E-state index in [1.807, 2.05) is 30.3 Å². The second kappa shape index (κ2) is 4.09. The number of benzene rings is 2. The zero-order chi connectivity index (χ0) is 10.8. The van der Waals surface area contributed by atoms with Crippen molar-refractivity contribution >= 4 is 45.0 Å². The van der Waals surface area contributed by atoms with Crippen LogP contribution in [0.25, 0.3) is 10.8 Å². The SMILES string of the molecule is O=C(Cl)Nc1c(Cl)ccc2ccccc12. The molecule has 0 unspecified atom stereocenters. The first-order valence-corrected chi connectivity index (χ1v) is 5.08. The predicted molar refractivity (Wildman–Crippen MR) is 63.8 cm³/mol. The number of hydrogen-bond acceptors (Lipinski definition) is 1. The molecule has 2 nitrogen and oxygen atoms in total. The zero-order valence-corrected chi connectivity index (χ0v) is 9.14. The Bertz CT molecular complexity index is 525. The van der Waals surface area contributed by atoms with Crippen LogP contribution in [0, 0.1) is 0 Å². The van der Waals surface area contributed by atoms with Gasteiger partial charge < -0.3 is 5.32 Å². The van der Waals surface area contributed by atoms with Gasteiger partial charge in [-0.05, 0) is 23.1 Å². The Balaban J connectivity index is 2.68. The number of carbonyl (C=O) groups excluding carboxylic acids is 1. The first kappa shape index (κ1) is 10.3. The Kier molecular flexibility index (Phi) is 2.80. The minimum atomic E-state index is -0.645. The van der Waals surface area contributed by atoms with E-state index >= 15 is 0 Å². The highest BCUT2D eigenvalue weighted by molar-refractivity contribution is 6.66. The van der Waals surface area contributed by atoms with Crippen LogP contribution in [0.4, 0.5) is 10.5 Å². The fourth-order valence-electron chi connectivity index (χ4n) is 1.47. The molecule has 0 saturated heterocycles. The van der Waals surface area contributed by atoms with Crippen LogP contribution >= 0.6 is 23.2 Å². The number of halogens is 2. The summed E-state index contributed by atoms with van der Waals surface area (Å²) in [6.07, 6.45) is 0. The maximum Gasteiger partial charge on any atom is 0.318 e. The number of amides is 1. The van der Waals surface area contributed by atoms with Crippen molar-refractivity contribution in [1.82, 2.24) is 0 Å². The summed E-state index contributed by atoms with van der Waals surface area (Å²) in [5, 5.41) is 4.22. The van der Waals surface area contributed by atoms with Crippen molar-refractivity contribution in [3.05, 3.63) is 41.4 Å². The Hall–Kier alpha value is -1.25. The fraction of sp³-hybridized carbons (Fsp3) is 0. The van der Waals surface area contributed by atoms with Gasteiger partial charge in [-0.3, -0.25) is 4.79 Å². The second-order valence-corrected chi connectivity index (χ2v) is 3.79. The maximum absolute atomic E-state index is 10.8. The molecule has 0 atom stereocenters. The molecule has 0 radical (unpaired) electrons. The predicted octanol–water partition coefficient (Wildman–Crippen LogP) is 4.26. The number of hydrogen-bond donors (Lipinski definition) is 1. The third-order valence-corrected chi connectivity index (χ3v) is 2.51. The van der Waals surface area contributed by atoms with Crippen LogP contribution in [0.1, 0.15) is 0 Å². The summed E-state index contributed by atoms with van der Waals surface area (Å²) in [5.41, 5.74) is 0.551. The zero-order valence-electron chi connectivity index (χ0n) is 7.63. The standard InChI is InChI=1S/C11H7Cl2NO/c12-9-6-5-7-3-1-2-4-8(7)10(9)14-11(13)15/h1-6H,(H,14,15). The largest absolute Gasteiger partial charge is 0.318 e. The summed E-state index contributed by atoms with van der Waals surface area (Å²) < 4.78 is 0. The highest BCUT2D eigenvalue weighted by Crippen LogP contribution is 2.31. The van der Waals surface area contributed by atoms with Crippen molar-refractivity contribution in [2.24, 2.45) is 0 Å². The third kappa shape index (κ3) is 2.06. The van der Waals surface area contributed by atoms with Gasteiger partial charge in [0.15, 0.2) is 0 Å². The van der Waals surface area contributed by atoms with Crippen molar-refractivity contribution in [1.29, 1.82) is 0 Å². The first-order valence-electron chi connectivity index (χ1n) is 4.32. The van der Waals surface area contributed by atoms with E-state index in [0.717, 1.165) is 10.8 Å². The quantitative estimate of drug-likeness (QED) is 0.585. The van der Waals surface area contributed by atoms with Crippen molar-refractivity contribution < 1.29 is 4.79 Å². The van der Waals surface area contributed by atoms with E-state index < -0.39 is 5.37 Å². The van der Waals surface area contributed by atoms with E-state index in [0.29, 0.717) is 10.7 Å². The lowest BCUT2D eigenvalue weighted by Gasteiger charge is -2.07. The molecule has 76 valence electrons. The van der Waals surface area contributed by atoms with Gasteiger partial charge in [-0.2, -0.15) is 0 Å². The Morgan fingerprint density at radius 3 is 2.60 bits per heavy atom. The topological polar surface area (TPSA) is 29.1 Å². The first-order chi connectivity index (χ1) is 7.18. The summed E-state index contributed by atoms with van der Waals surface area (Å²) in [4.78, 5) is 10.8. The molecule has 1 N–H and O–H groups in total. The normalized spacial score (nSPS) is 10.3. The third-order valence-electron chi connectivity index (χ3n) is 2.10. The lowest BCUT2D eigenvalue weighted by atomic mass is 10.1. The molecule has 0 aliphatic carbocycles. The molecule has 15 heavy (non-hydrogen) atoms. The Morgan fingerprint density at radius 2 is 1.87 bits per heavy atom. The summed E-state index contributed by atoms with van der Waals surface area (Å²) in [5.74, 6) is 0. The van der Waals surface area contributed by atoms with Crippen molar-refractivity contribution in [2.45, 2.75) is 0 Å². The van der Waals surface area contributed by atoms with Gasteiger partial charge in [0.1, 0.15) is 0 Å². The summed E-state index contributed by atoms with van der Waals surface area (Å²) in [7, 11) is 0. The van der Waals surface area contributed by atoms with E-state index in [2.05, 4.69) is 5.32 Å². The van der Waals surface area contributed by atoms with Gasteiger partial charge in [-0.15, -0.1) is 0 Å². The monoisotopic (exact) mass is 239 g/mol. The van der Waals surface area contributed by atoms with Crippen LogP contribution in [-0.4, -0.2) is 5.37 Å². The second-order valence-electron chi connectivity index (χ2n) is 3.04. The van der Waals surface area contributed by atoms with Gasteiger partial charge in [-0.25, -0.2) is 0 Å². The summed E-state index contributed by atoms with van der Waals surface area (Å²) in [6, 6.07) is 11.2. The Morgan fingerprint density at radius 1 is 1.13 bits per heavy atom. The van der Waals surface area contributed by atoms with E-state index in [1.165, 1.54) is 0 Å². The molecular formula is C11H7Cl2NO. The molecule has 2 aromatic carbocycles. The number of carbonyl (C=O) groups is 1. The molecule has 0 aliphatic heterocycles. The highest BCUT2D eigenvalue weighted by atomic mass is 35.5. The highest BCUT2D eigenvalue weighted by Gasteiger charge is 2.07. The molecule has 2 rings (SSSR count). The van der Waals surface area contributed by atoms with Crippen LogP contribution < -0.4 is 5.32 Å². The van der Waals surface area contributed by atoms with Crippen LogP contribution in [-0.2, 0) is 0 Å². The molecular weight excluding hydrogens is 233 g/mol. The lowest BCUT2D eigenvalue weighted by Crippen LogP contribution is -2.02. The number of nitrogens with one attached hydrogen (secondary N) is 1. The minimum absolute atomic E-state index is 0.475. The van der Waals surface area contributed by atoms with E-state index in [4.69, 9.17) is 23.2 Å². The molecule has 0 heterocycles. The summed E-state index contributed by atoms with van der Waals surface area (Å²) in [6.45, 7) is 0. The van der Waals surface area contributed by atoms with E-state index in [1.54, 1.807) is 6.07 Å². The molecule has 0 aliphatic rings. The van der Waals surface area contributed by atoms with Crippen LogP contribution in [0.2, 0.25) is 5.02 Å². The van der Waals surface area contributed by atoms with E-state index in [9.17, 15) is 4.79 Å². The molecule has 2 aromatic rings. The van der Waals surface area contributed by atoms with Gasteiger partial charge in [-0.1, -0.05) is 41.9 Å². The molecule has 4 heteroatoms. The molecule has 0 aromatic heterocycles. The minimum Gasteiger partial charge on any atom is -0.310 e. The van der Waals surface area contributed by atoms with Crippen molar-refractivity contribution in [2.75, 3.05) is 5.32 Å². The van der Waals surface area contributed by atoms with E-state index in [-0.39, 0.29) is 0 Å². The number of rotatable bonds is 1. The molecule has 0 spiro atoms. The summed E-state index contributed by atoms with van der Waals surface area (Å²) >= 11 is 11.2. The average molecular weight is 240 g/mol. The van der Waals surface area contributed by atoms with Crippen molar-refractivity contribution in [3.8, 4) is 0 Å². The van der Waals surface area contributed by atoms with Crippen LogP contribution in [0.15, 0.2) is 36.4 Å². The fourth-order valence-corrected chi connectivity index (χ4v) is 1.78. The van der Waals surface area contributed by atoms with Gasteiger partial charge in [0.25, 0.3) is 0 Å². The van der Waals surface area contributed by atoms with Crippen LogP contribution in [0.5, 0.6) is 0 Å². The smallest absolute Gasteiger partial charge is 0.310 e. The van der Waals surface area contributed by atoms with Gasteiger partial charge in [0, 0.05) is 5.39 Å². The van der Waals surface area contributed by atoms with Gasteiger partial charge >= 0.3 is 5.37 Å². The molecule has 0 bridgehead atoms. The Labute approximate surface area is 96.8 Å². The lowest BCUT2D eigenvalue weighted by molar-refractivity contribution is 0.269. The van der Waals surface area contributed by atoms with Crippen LogP contribution in [0.3, 0.4) is 0 Å². The molecule has 0 saturated carbocycles.